The fourth-order valence-corrected chi connectivity index (χ4v) is 2.04. The maximum atomic E-state index is 11.8. The number of hydrogen-bond acceptors (Lipinski definition) is 3. The minimum absolute atomic E-state index is 0.143. The van der Waals surface area contributed by atoms with Crippen LogP contribution in [0, 0.1) is 0 Å². The van der Waals surface area contributed by atoms with Gasteiger partial charge < -0.3 is 14.5 Å². The summed E-state index contributed by atoms with van der Waals surface area (Å²) in [6.07, 6.45) is 3.14. The van der Waals surface area contributed by atoms with E-state index in [9.17, 15) is 4.79 Å². The summed E-state index contributed by atoms with van der Waals surface area (Å²) in [6.45, 7) is 2.44. The van der Waals surface area contributed by atoms with Gasteiger partial charge in [0.05, 0.1) is 0 Å². The van der Waals surface area contributed by atoms with Gasteiger partial charge in [-0.2, -0.15) is 0 Å². The van der Waals surface area contributed by atoms with E-state index in [2.05, 4.69) is 12.2 Å². The van der Waals surface area contributed by atoms with Crippen LogP contribution in [0.5, 0.6) is 5.75 Å². The van der Waals surface area contributed by atoms with E-state index in [1.54, 1.807) is 12.1 Å². The molecule has 1 aromatic heterocycles. The Balaban J connectivity index is 1.54. The summed E-state index contributed by atoms with van der Waals surface area (Å²) in [6, 6.07) is 11.8. The quantitative estimate of drug-likeness (QED) is 0.886. The Hall–Kier alpha value is -2.23. The minimum Gasteiger partial charge on any atom is -0.486 e. The van der Waals surface area contributed by atoms with Crippen LogP contribution < -0.4 is 10.1 Å². The molecule has 0 bridgehead atoms. The third-order valence-electron chi connectivity index (χ3n) is 3.51. The molecule has 2 aromatic rings. The number of amides is 1. The molecule has 4 heteroatoms. The molecule has 1 aliphatic carbocycles. The molecule has 0 aliphatic heterocycles. The highest BCUT2D eigenvalue weighted by molar-refractivity contribution is 5.91. The lowest BCUT2D eigenvalue weighted by Gasteiger charge is -2.05. The topological polar surface area (TPSA) is 51.5 Å². The molecule has 1 fully saturated rings. The van der Waals surface area contributed by atoms with Crippen LogP contribution >= 0.6 is 0 Å². The van der Waals surface area contributed by atoms with Crippen molar-refractivity contribution in [1.29, 1.82) is 0 Å². The lowest BCUT2D eigenvalue weighted by atomic mass is 10.2. The Kier molecular flexibility index (Phi) is 3.95. The van der Waals surface area contributed by atoms with Crippen LogP contribution in [0.4, 0.5) is 0 Å². The lowest BCUT2D eigenvalue weighted by Crippen LogP contribution is -2.24. The van der Waals surface area contributed by atoms with Gasteiger partial charge in [-0.05, 0) is 49.1 Å². The molecule has 3 rings (SSSR count). The number of nitrogens with one attached hydrogen (secondary N) is 1. The molecule has 1 aromatic carbocycles. The van der Waals surface area contributed by atoms with Crippen LogP contribution in [-0.4, -0.2) is 11.9 Å². The molecule has 0 spiro atoms. The summed E-state index contributed by atoms with van der Waals surface area (Å²) in [5.74, 6) is 1.65. The van der Waals surface area contributed by atoms with Gasteiger partial charge in [0.2, 0.25) is 0 Å². The second-order valence-corrected chi connectivity index (χ2v) is 5.30. The average molecular weight is 285 g/mol. The first-order valence-electron chi connectivity index (χ1n) is 7.36. The summed E-state index contributed by atoms with van der Waals surface area (Å²) in [7, 11) is 0. The molecular weight excluding hydrogens is 266 g/mol. The van der Waals surface area contributed by atoms with E-state index in [0.29, 0.717) is 24.2 Å². The van der Waals surface area contributed by atoms with Crippen molar-refractivity contribution in [1.82, 2.24) is 5.32 Å². The largest absolute Gasteiger partial charge is 0.486 e. The Bertz CT molecular complexity index is 611. The SMILES string of the molecule is CCc1ccc(OCc2ccc(C(=O)NC3CC3)o2)cc1. The summed E-state index contributed by atoms with van der Waals surface area (Å²) < 4.78 is 11.2. The third kappa shape index (κ3) is 3.66. The van der Waals surface area contributed by atoms with Crippen molar-refractivity contribution >= 4 is 5.91 Å². The number of carbonyl (C=O) groups is 1. The molecular formula is C17H19NO3. The Morgan fingerprint density at radius 3 is 2.67 bits per heavy atom. The van der Waals surface area contributed by atoms with Crippen molar-refractivity contribution in [3.8, 4) is 5.75 Å². The first-order chi connectivity index (χ1) is 10.2. The van der Waals surface area contributed by atoms with Crippen molar-refractivity contribution < 1.29 is 13.9 Å². The Labute approximate surface area is 124 Å². The summed E-state index contributed by atoms with van der Waals surface area (Å²) >= 11 is 0. The van der Waals surface area contributed by atoms with Crippen molar-refractivity contribution in [2.75, 3.05) is 0 Å². The monoisotopic (exact) mass is 285 g/mol. The smallest absolute Gasteiger partial charge is 0.287 e. The number of furan rings is 1. The van der Waals surface area contributed by atoms with Gasteiger partial charge in [-0.3, -0.25) is 4.79 Å². The predicted molar refractivity (Wildman–Crippen MR) is 79.3 cm³/mol. The van der Waals surface area contributed by atoms with Crippen LogP contribution in [0.1, 0.15) is 41.6 Å². The van der Waals surface area contributed by atoms with Gasteiger partial charge in [0.15, 0.2) is 5.76 Å². The highest BCUT2D eigenvalue weighted by Crippen LogP contribution is 2.20. The molecule has 1 amide bonds. The van der Waals surface area contributed by atoms with E-state index in [1.807, 2.05) is 24.3 Å². The number of aryl methyl sites for hydroxylation is 1. The first-order valence-corrected chi connectivity index (χ1v) is 7.36. The van der Waals surface area contributed by atoms with Crippen molar-refractivity contribution in [2.24, 2.45) is 0 Å². The summed E-state index contributed by atoms with van der Waals surface area (Å²) in [5.41, 5.74) is 1.28. The molecule has 4 nitrogen and oxygen atoms in total. The maximum absolute atomic E-state index is 11.8. The van der Waals surface area contributed by atoms with Crippen molar-refractivity contribution in [3.05, 3.63) is 53.5 Å². The third-order valence-corrected chi connectivity index (χ3v) is 3.51. The van der Waals surface area contributed by atoms with E-state index in [-0.39, 0.29) is 5.91 Å². The van der Waals surface area contributed by atoms with Crippen molar-refractivity contribution in [3.63, 3.8) is 0 Å². The minimum atomic E-state index is -0.143. The zero-order valence-electron chi connectivity index (χ0n) is 12.1. The van der Waals surface area contributed by atoms with Gasteiger partial charge >= 0.3 is 0 Å². The highest BCUT2D eigenvalue weighted by Gasteiger charge is 2.25. The molecule has 0 unspecified atom stereocenters. The normalized spacial score (nSPS) is 14.0. The van der Waals surface area contributed by atoms with Gasteiger partial charge in [-0.1, -0.05) is 19.1 Å². The Morgan fingerprint density at radius 2 is 2.00 bits per heavy atom. The van der Waals surface area contributed by atoms with Crippen LogP contribution in [0.2, 0.25) is 0 Å². The molecule has 21 heavy (non-hydrogen) atoms. The number of hydrogen-bond donors (Lipinski definition) is 1. The standard InChI is InChI=1S/C17H19NO3/c1-2-12-3-7-14(8-4-12)20-11-15-9-10-16(21-15)17(19)18-13-5-6-13/h3-4,7-10,13H,2,5-6,11H2,1H3,(H,18,19). The van der Waals surface area contributed by atoms with Gasteiger partial charge in [-0.25, -0.2) is 0 Å². The number of benzene rings is 1. The molecule has 1 N–H and O–H groups in total. The molecule has 0 atom stereocenters. The molecule has 1 saturated carbocycles. The Morgan fingerprint density at radius 1 is 1.24 bits per heavy atom. The van der Waals surface area contributed by atoms with Gasteiger partial charge in [0.25, 0.3) is 5.91 Å². The fourth-order valence-electron chi connectivity index (χ4n) is 2.04. The highest BCUT2D eigenvalue weighted by atomic mass is 16.5. The molecule has 1 heterocycles. The van der Waals surface area contributed by atoms with Crippen LogP contribution in [-0.2, 0) is 13.0 Å². The lowest BCUT2D eigenvalue weighted by molar-refractivity contribution is 0.0919. The van der Waals surface area contributed by atoms with Gasteiger partial charge in [0, 0.05) is 6.04 Å². The number of carbonyl (C=O) groups excluding carboxylic acids is 1. The van der Waals surface area contributed by atoms with E-state index < -0.39 is 0 Å². The molecule has 0 radical (unpaired) electrons. The van der Waals surface area contributed by atoms with Crippen LogP contribution in [0.15, 0.2) is 40.8 Å². The molecule has 0 saturated heterocycles. The van der Waals surface area contributed by atoms with E-state index in [4.69, 9.17) is 9.15 Å². The molecule has 1 aliphatic rings. The van der Waals surface area contributed by atoms with E-state index in [1.165, 1.54) is 5.56 Å². The zero-order chi connectivity index (χ0) is 14.7. The average Bonchev–Trinajstić information content (AvgIpc) is 3.19. The summed E-state index contributed by atoms with van der Waals surface area (Å²) in [5, 5.41) is 2.90. The van der Waals surface area contributed by atoms with Crippen LogP contribution in [0.3, 0.4) is 0 Å². The van der Waals surface area contributed by atoms with E-state index in [0.717, 1.165) is 25.0 Å². The number of ether oxygens (including phenoxy) is 1. The van der Waals surface area contributed by atoms with Gasteiger partial charge in [-0.15, -0.1) is 0 Å². The fraction of sp³-hybridized carbons (Fsp3) is 0.353. The number of rotatable bonds is 6. The second kappa shape index (κ2) is 6.04. The van der Waals surface area contributed by atoms with E-state index >= 15 is 0 Å². The maximum Gasteiger partial charge on any atom is 0.287 e. The molecule has 110 valence electrons. The van der Waals surface area contributed by atoms with Crippen LogP contribution in [0.25, 0.3) is 0 Å². The second-order valence-electron chi connectivity index (χ2n) is 5.30. The predicted octanol–water partition coefficient (Wildman–Crippen LogP) is 3.31. The van der Waals surface area contributed by atoms with Crippen molar-refractivity contribution in [2.45, 2.75) is 38.8 Å². The first kappa shape index (κ1) is 13.7. The summed E-state index contributed by atoms with van der Waals surface area (Å²) in [4.78, 5) is 11.8. The van der Waals surface area contributed by atoms with Gasteiger partial charge in [0.1, 0.15) is 18.1 Å². The zero-order valence-corrected chi connectivity index (χ0v) is 12.1.